The van der Waals surface area contributed by atoms with Gasteiger partial charge in [0, 0.05) is 48.6 Å². The quantitative estimate of drug-likeness (QED) is 0.0883. The van der Waals surface area contributed by atoms with Gasteiger partial charge in [-0.2, -0.15) is 0 Å². The Morgan fingerprint density at radius 3 is 2.58 bits per heavy atom. The first kappa shape index (κ1) is 27.8. The van der Waals surface area contributed by atoms with E-state index in [1.807, 2.05) is 0 Å². The number of nitrogens with one attached hydrogen (secondary N) is 3. The fraction of sp³-hybridized carbons (Fsp3) is 0.231. The van der Waals surface area contributed by atoms with Crippen LogP contribution in [0.2, 0.25) is 0 Å². The molecule has 2 aromatic heterocycles. The van der Waals surface area contributed by atoms with Crippen LogP contribution in [-0.4, -0.2) is 56.9 Å². The van der Waals surface area contributed by atoms with Gasteiger partial charge in [-0.15, -0.1) is 9.78 Å². The maximum Gasteiger partial charge on any atom is 0.350 e. The zero-order valence-electron chi connectivity index (χ0n) is 21.7. The van der Waals surface area contributed by atoms with E-state index in [2.05, 4.69) is 25.4 Å². The Labute approximate surface area is 227 Å². The van der Waals surface area contributed by atoms with E-state index in [1.54, 1.807) is 30.3 Å². The molecule has 40 heavy (non-hydrogen) atoms. The van der Waals surface area contributed by atoms with Crippen molar-refractivity contribution in [2.24, 2.45) is 5.73 Å². The van der Waals surface area contributed by atoms with E-state index < -0.39 is 23.5 Å². The molecule has 2 heterocycles. The first-order chi connectivity index (χ1) is 19.3. The molecule has 13 nitrogen and oxygen atoms in total. The summed E-state index contributed by atoms with van der Waals surface area (Å²) in [7, 11) is 1.42. The number of aromatic nitrogens is 5. The van der Waals surface area contributed by atoms with Crippen LogP contribution in [0.3, 0.4) is 0 Å². The van der Waals surface area contributed by atoms with E-state index in [9.17, 15) is 9.59 Å². The van der Waals surface area contributed by atoms with Gasteiger partial charge < -0.3 is 25.3 Å². The number of anilines is 1. The fourth-order valence-electron chi connectivity index (χ4n) is 3.70. The molecule has 0 aliphatic carbocycles. The van der Waals surface area contributed by atoms with E-state index in [0.717, 1.165) is 4.68 Å². The molecule has 0 radical (unpaired) electrons. The lowest BCUT2D eigenvalue weighted by Gasteiger charge is -2.21. The lowest BCUT2D eigenvalue weighted by Crippen LogP contribution is -2.18. The zero-order valence-corrected chi connectivity index (χ0v) is 21.7. The minimum atomic E-state index is -1.04. The topological polar surface area (TPSA) is 183 Å². The predicted octanol–water partition coefficient (Wildman–Crippen LogP) is 2.32. The molecular formula is C26H27FN8O5. The van der Waals surface area contributed by atoms with Gasteiger partial charge >= 0.3 is 11.7 Å². The third kappa shape index (κ3) is 6.59. The summed E-state index contributed by atoms with van der Waals surface area (Å²) in [5.41, 5.74) is 6.00. The Kier molecular flexibility index (Phi) is 8.69. The number of esters is 1. The van der Waals surface area contributed by atoms with Crippen molar-refractivity contribution in [3.8, 4) is 17.4 Å². The first-order valence-electron chi connectivity index (χ1n) is 12.1. The van der Waals surface area contributed by atoms with Gasteiger partial charge in [0.15, 0.2) is 17.4 Å². The Hall–Kier alpha value is -5.27. The molecule has 5 N–H and O–H groups in total. The molecule has 2 aromatic carbocycles. The molecule has 208 valence electrons. The number of aromatic amines is 1. The van der Waals surface area contributed by atoms with Crippen molar-refractivity contribution in [2.75, 3.05) is 25.6 Å². The predicted molar refractivity (Wildman–Crippen MR) is 142 cm³/mol. The molecule has 0 bridgehead atoms. The van der Waals surface area contributed by atoms with Crippen LogP contribution in [0.15, 0.2) is 59.7 Å². The van der Waals surface area contributed by atoms with Crippen molar-refractivity contribution in [1.82, 2.24) is 24.7 Å². The Bertz CT molecular complexity index is 1540. The number of nitrogen functional groups attached to an aromatic ring is 1. The van der Waals surface area contributed by atoms with Gasteiger partial charge in [0.1, 0.15) is 17.6 Å². The zero-order chi connectivity index (χ0) is 28.6. The van der Waals surface area contributed by atoms with Crippen molar-refractivity contribution in [2.45, 2.75) is 19.4 Å². The van der Waals surface area contributed by atoms with Gasteiger partial charge in [-0.3, -0.25) is 15.2 Å². The monoisotopic (exact) mass is 550 g/mol. The fourth-order valence-corrected chi connectivity index (χ4v) is 3.70. The van der Waals surface area contributed by atoms with Crippen LogP contribution in [-0.2, 0) is 9.53 Å². The third-order valence-corrected chi connectivity index (χ3v) is 5.60. The second-order valence-corrected chi connectivity index (χ2v) is 8.42. The lowest BCUT2D eigenvalue weighted by atomic mass is 10.0. The van der Waals surface area contributed by atoms with Crippen molar-refractivity contribution in [3.05, 3.63) is 88.1 Å². The van der Waals surface area contributed by atoms with Crippen molar-refractivity contribution in [3.63, 3.8) is 0 Å². The number of hydrogen-bond acceptors (Lipinski definition) is 10. The molecule has 0 spiro atoms. The summed E-state index contributed by atoms with van der Waals surface area (Å²) in [4.78, 5) is 34.5. The number of methoxy groups -OCH3 is 1. The molecule has 0 unspecified atom stereocenters. The molecule has 0 amide bonds. The summed E-state index contributed by atoms with van der Waals surface area (Å²) in [5, 5.41) is 15.1. The molecule has 4 aromatic rings. The number of benzene rings is 2. The Balaban J connectivity index is 1.74. The average Bonchev–Trinajstić information content (AvgIpc) is 3.34. The van der Waals surface area contributed by atoms with Gasteiger partial charge in [0.05, 0.1) is 20.3 Å². The molecule has 14 heteroatoms. The summed E-state index contributed by atoms with van der Waals surface area (Å²) in [6.45, 7) is 1.48. The van der Waals surface area contributed by atoms with Gasteiger partial charge in [-0.05, 0) is 36.4 Å². The van der Waals surface area contributed by atoms with Gasteiger partial charge in [-0.25, -0.2) is 19.2 Å². The van der Waals surface area contributed by atoms with Crippen LogP contribution in [0.1, 0.15) is 36.3 Å². The number of nitrogens with zero attached hydrogens (tertiary/aromatic N) is 4. The number of hydrogen-bond donors (Lipinski definition) is 4. The van der Waals surface area contributed by atoms with Crippen LogP contribution >= 0.6 is 0 Å². The summed E-state index contributed by atoms with van der Waals surface area (Å²) >= 11 is 0. The van der Waals surface area contributed by atoms with Crippen LogP contribution < -0.4 is 26.2 Å². The van der Waals surface area contributed by atoms with E-state index in [1.165, 1.54) is 38.6 Å². The Morgan fingerprint density at radius 1 is 1.20 bits per heavy atom. The molecule has 1 atom stereocenters. The average molecular weight is 551 g/mol. The first-order valence-corrected chi connectivity index (χ1v) is 12.1. The largest absolute Gasteiger partial charge is 0.497 e. The molecule has 4 rings (SSSR count). The number of halogens is 1. The number of rotatable bonds is 12. The van der Waals surface area contributed by atoms with Crippen LogP contribution in [0.4, 0.5) is 10.1 Å². The number of carbonyl (C=O) groups is 1. The SMILES string of the molecule is COc1cc(OCCCOC(C)=O)c(F)c([C@H](Nc2ccc(C(=N)N)cc2)c2nn(-c3ncccn3)c(=O)[nH]2)c1. The molecule has 0 fully saturated rings. The minimum Gasteiger partial charge on any atom is -0.497 e. The number of H-pyrrole nitrogens is 1. The summed E-state index contributed by atoms with van der Waals surface area (Å²) in [5.74, 6) is -0.985. The smallest absolute Gasteiger partial charge is 0.350 e. The van der Waals surface area contributed by atoms with E-state index in [-0.39, 0.29) is 42.1 Å². The standard InChI is InChI=1S/C26H27FN8O5/c1-15(36)39-11-4-12-40-20-14-18(38-2)13-19(21(20)27)22(32-17-7-5-16(6-8-17)23(28)29)24-33-26(37)35(34-24)25-30-9-3-10-31-25/h3,5-10,13-14,22,32H,4,11-12H2,1-2H3,(H3,28,29)(H,33,34,37)/t22-/m0/s1. The Morgan fingerprint density at radius 2 is 1.93 bits per heavy atom. The van der Waals surface area contributed by atoms with E-state index in [4.69, 9.17) is 25.4 Å². The molecule has 0 aliphatic heterocycles. The highest BCUT2D eigenvalue weighted by Gasteiger charge is 2.27. The lowest BCUT2D eigenvalue weighted by molar-refractivity contribution is -0.141. The van der Waals surface area contributed by atoms with E-state index >= 15 is 4.39 Å². The highest BCUT2D eigenvalue weighted by Crippen LogP contribution is 2.35. The second-order valence-electron chi connectivity index (χ2n) is 8.42. The van der Waals surface area contributed by atoms with Crippen molar-refractivity contribution < 1.29 is 23.4 Å². The highest BCUT2D eigenvalue weighted by molar-refractivity contribution is 5.95. The third-order valence-electron chi connectivity index (χ3n) is 5.60. The maximum atomic E-state index is 16.0. The van der Waals surface area contributed by atoms with Crippen LogP contribution in [0, 0.1) is 11.2 Å². The number of carbonyl (C=O) groups excluding carboxylic acids is 1. The second kappa shape index (κ2) is 12.5. The van der Waals surface area contributed by atoms with Crippen molar-refractivity contribution >= 4 is 17.5 Å². The molecule has 0 saturated carbocycles. The van der Waals surface area contributed by atoms with Gasteiger partial charge in [0.2, 0.25) is 0 Å². The summed E-state index contributed by atoms with van der Waals surface area (Å²) in [6.07, 6.45) is 3.26. The minimum absolute atomic E-state index is 0.0301. The van der Waals surface area contributed by atoms with Gasteiger partial charge in [-0.1, -0.05) is 0 Å². The highest BCUT2D eigenvalue weighted by atomic mass is 19.1. The van der Waals surface area contributed by atoms with Crippen LogP contribution in [0.5, 0.6) is 11.5 Å². The molecule has 0 aliphatic rings. The number of ether oxygens (including phenoxy) is 3. The van der Waals surface area contributed by atoms with E-state index in [0.29, 0.717) is 23.4 Å². The molecule has 0 saturated heterocycles. The van der Waals surface area contributed by atoms with Crippen LogP contribution in [0.25, 0.3) is 5.95 Å². The van der Waals surface area contributed by atoms with Gasteiger partial charge in [0.25, 0.3) is 5.95 Å². The van der Waals surface area contributed by atoms with Crippen molar-refractivity contribution in [1.29, 1.82) is 5.41 Å². The maximum absolute atomic E-state index is 16.0. The number of nitrogens with two attached hydrogens (primary N) is 1. The summed E-state index contributed by atoms with van der Waals surface area (Å²) in [6, 6.07) is 9.96. The normalized spacial score (nSPS) is 11.5. The molecular weight excluding hydrogens is 523 g/mol. The summed E-state index contributed by atoms with van der Waals surface area (Å²) < 4.78 is 32.9. The number of amidine groups is 1.